The molecular formula is C7H12O4. The number of aliphatic hydroxyl groups excluding tert-OH is 3. The highest BCUT2D eigenvalue weighted by molar-refractivity contribution is 4.95. The van der Waals surface area contributed by atoms with Gasteiger partial charge in [-0.2, -0.15) is 0 Å². The van der Waals surface area contributed by atoms with Gasteiger partial charge in [-0.15, -0.1) is 0 Å². The van der Waals surface area contributed by atoms with Crippen LogP contribution in [0.25, 0.3) is 0 Å². The number of furan rings is 1. The lowest BCUT2D eigenvalue weighted by Crippen LogP contribution is -1.85. The van der Waals surface area contributed by atoms with Crippen LogP contribution < -0.4 is 0 Å². The Bertz CT molecular complexity index is 145. The Labute approximate surface area is 64.7 Å². The molecule has 3 N–H and O–H groups in total. The van der Waals surface area contributed by atoms with Crippen molar-refractivity contribution in [3.05, 3.63) is 24.2 Å². The maximum atomic E-state index is 8.33. The van der Waals surface area contributed by atoms with Gasteiger partial charge < -0.3 is 19.7 Å². The molecule has 0 aliphatic carbocycles. The molecule has 0 fully saturated rings. The molecule has 1 aromatic heterocycles. The van der Waals surface area contributed by atoms with Crippen molar-refractivity contribution in [3.63, 3.8) is 0 Å². The third-order valence-corrected chi connectivity index (χ3v) is 0.836. The predicted molar refractivity (Wildman–Crippen MR) is 38.8 cm³/mol. The monoisotopic (exact) mass is 160 g/mol. The fraction of sp³-hybridized carbons (Fsp3) is 0.429. The van der Waals surface area contributed by atoms with E-state index in [0.29, 0.717) is 5.76 Å². The number of aliphatic hydroxyl groups is 3. The third kappa shape index (κ3) is 5.60. The fourth-order valence-corrected chi connectivity index (χ4v) is 0.403. The first-order chi connectivity index (χ1) is 5.35. The van der Waals surface area contributed by atoms with Crippen molar-refractivity contribution in [2.45, 2.75) is 6.61 Å². The van der Waals surface area contributed by atoms with Crippen molar-refractivity contribution in [2.24, 2.45) is 0 Å². The summed E-state index contributed by atoms with van der Waals surface area (Å²) >= 11 is 0. The molecule has 1 aromatic rings. The Morgan fingerprint density at radius 1 is 1.18 bits per heavy atom. The Hall–Kier alpha value is -0.840. The second-order valence-electron chi connectivity index (χ2n) is 1.68. The van der Waals surface area contributed by atoms with Crippen molar-refractivity contribution < 1.29 is 19.7 Å². The molecule has 11 heavy (non-hydrogen) atoms. The minimum absolute atomic E-state index is 0.00694. The Balaban J connectivity index is 0.000000218. The zero-order valence-corrected chi connectivity index (χ0v) is 6.10. The van der Waals surface area contributed by atoms with E-state index in [9.17, 15) is 0 Å². The van der Waals surface area contributed by atoms with Crippen LogP contribution in [-0.4, -0.2) is 28.5 Å². The second kappa shape index (κ2) is 7.27. The molecule has 0 aliphatic heterocycles. The average Bonchev–Trinajstić information content (AvgIpc) is 2.56. The first-order valence-corrected chi connectivity index (χ1v) is 3.20. The van der Waals surface area contributed by atoms with Gasteiger partial charge in [0.05, 0.1) is 19.5 Å². The van der Waals surface area contributed by atoms with Crippen LogP contribution >= 0.6 is 0 Å². The van der Waals surface area contributed by atoms with Crippen LogP contribution in [0.4, 0.5) is 0 Å². The highest BCUT2D eigenvalue weighted by Gasteiger charge is 1.85. The van der Waals surface area contributed by atoms with Gasteiger partial charge in [-0.3, -0.25) is 0 Å². The molecule has 0 amide bonds. The van der Waals surface area contributed by atoms with Crippen LogP contribution in [0.2, 0.25) is 0 Å². The van der Waals surface area contributed by atoms with Crippen LogP contribution in [0, 0.1) is 0 Å². The average molecular weight is 160 g/mol. The fourth-order valence-electron chi connectivity index (χ4n) is 0.403. The third-order valence-electron chi connectivity index (χ3n) is 0.836. The predicted octanol–water partition coefficient (Wildman–Crippen LogP) is -0.257. The van der Waals surface area contributed by atoms with Gasteiger partial charge in [0.1, 0.15) is 12.4 Å². The zero-order valence-electron chi connectivity index (χ0n) is 6.10. The summed E-state index contributed by atoms with van der Waals surface area (Å²) in [6.07, 6.45) is 1.53. The van der Waals surface area contributed by atoms with Gasteiger partial charge in [0.15, 0.2) is 0 Å². The van der Waals surface area contributed by atoms with Crippen LogP contribution in [-0.2, 0) is 6.61 Å². The van der Waals surface area contributed by atoms with Crippen LogP contribution in [0.1, 0.15) is 5.76 Å². The minimum Gasteiger partial charge on any atom is -0.467 e. The largest absolute Gasteiger partial charge is 0.467 e. The molecule has 4 nitrogen and oxygen atoms in total. The first-order valence-electron chi connectivity index (χ1n) is 3.20. The molecule has 0 atom stereocenters. The van der Waals surface area contributed by atoms with E-state index in [0.717, 1.165) is 0 Å². The molecule has 0 saturated heterocycles. The lowest BCUT2D eigenvalue weighted by molar-refractivity contribution is 0.186. The van der Waals surface area contributed by atoms with Gasteiger partial charge in [-0.25, -0.2) is 0 Å². The van der Waals surface area contributed by atoms with Crippen molar-refractivity contribution in [2.75, 3.05) is 13.2 Å². The second-order valence-corrected chi connectivity index (χ2v) is 1.68. The van der Waals surface area contributed by atoms with Crippen molar-refractivity contribution in [1.82, 2.24) is 0 Å². The number of hydrogen-bond acceptors (Lipinski definition) is 4. The van der Waals surface area contributed by atoms with Crippen molar-refractivity contribution >= 4 is 0 Å². The summed E-state index contributed by atoms with van der Waals surface area (Å²) in [4.78, 5) is 0. The van der Waals surface area contributed by atoms with Crippen molar-refractivity contribution in [1.29, 1.82) is 0 Å². The molecule has 1 rings (SSSR count). The molecular weight excluding hydrogens is 148 g/mol. The normalized spacial score (nSPS) is 8.64. The minimum atomic E-state index is -0.125. The maximum absolute atomic E-state index is 8.33. The van der Waals surface area contributed by atoms with Gasteiger partial charge in [0.25, 0.3) is 0 Å². The van der Waals surface area contributed by atoms with Gasteiger partial charge in [0, 0.05) is 0 Å². The summed E-state index contributed by atoms with van der Waals surface area (Å²) in [6.45, 7) is -0.257. The Morgan fingerprint density at radius 3 is 2.00 bits per heavy atom. The number of hydrogen-bond donors (Lipinski definition) is 3. The van der Waals surface area contributed by atoms with Crippen LogP contribution in [0.15, 0.2) is 22.8 Å². The molecule has 64 valence electrons. The smallest absolute Gasteiger partial charge is 0.129 e. The lowest BCUT2D eigenvalue weighted by atomic mass is 10.5. The molecule has 1 heterocycles. The molecule has 4 heteroatoms. The van der Waals surface area contributed by atoms with Crippen LogP contribution in [0.5, 0.6) is 0 Å². The van der Waals surface area contributed by atoms with E-state index in [-0.39, 0.29) is 19.8 Å². The first kappa shape index (κ1) is 10.2. The quantitative estimate of drug-likeness (QED) is 0.557. The van der Waals surface area contributed by atoms with Crippen molar-refractivity contribution in [3.8, 4) is 0 Å². The summed E-state index contributed by atoms with van der Waals surface area (Å²) in [7, 11) is 0. The molecule has 0 unspecified atom stereocenters. The summed E-state index contributed by atoms with van der Waals surface area (Å²) in [6, 6.07) is 3.46. The van der Waals surface area contributed by atoms with Gasteiger partial charge in [-0.05, 0) is 12.1 Å². The van der Waals surface area contributed by atoms with E-state index in [1.165, 1.54) is 6.26 Å². The maximum Gasteiger partial charge on any atom is 0.129 e. The molecule has 0 bridgehead atoms. The SMILES string of the molecule is OCCO.OCc1ccco1. The van der Waals surface area contributed by atoms with Crippen LogP contribution in [0.3, 0.4) is 0 Å². The van der Waals surface area contributed by atoms with E-state index in [1.807, 2.05) is 0 Å². The molecule has 0 radical (unpaired) electrons. The van der Waals surface area contributed by atoms with Gasteiger partial charge in [0.2, 0.25) is 0 Å². The molecule has 0 aliphatic rings. The van der Waals surface area contributed by atoms with Gasteiger partial charge in [-0.1, -0.05) is 0 Å². The molecule has 0 spiro atoms. The Morgan fingerprint density at radius 2 is 1.82 bits per heavy atom. The topological polar surface area (TPSA) is 73.8 Å². The number of rotatable bonds is 2. The molecule has 0 aromatic carbocycles. The summed E-state index contributed by atoms with van der Waals surface area (Å²) in [5.74, 6) is 0.611. The van der Waals surface area contributed by atoms with E-state index in [4.69, 9.17) is 19.7 Å². The highest BCUT2D eigenvalue weighted by atomic mass is 16.4. The standard InChI is InChI=1S/C5H6O2.C2H6O2/c6-4-5-2-1-3-7-5;3-1-2-4/h1-3,6H,4H2;3-4H,1-2H2. The lowest BCUT2D eigenvalue weighted by Gasteiger charge is -1.79. The van der Waals surface area contributed by atoms with E-state index in [1.54, 1.807) is 12.1 Å². The molecule has 0 saturated carbocycles. The van der Waals surface area contributed by atoms with E-state index < -0.39 is 0 Å². The summed E-state index contributed by atoms with van der Waals surface area (Å²) < 4.78 is 4.73. The summed E-state index contributed by atoms with van der Waals surface area (Å²) in [5.41, 5.74) is 0. The summed E-state index contributed by atoms with van der Waals surface area (Å²) in [5, 5.41) is 23.6. The highest BCUT2D eigenvalue weighted by Crippen LogP contribution is 1.96. The zero-order chi connectivity index (χ0) is 8.53. The van der Waals surface area contributed by atoms with E-state index in [2.05, 4.69) is 0 Å². The van der Waals surface area contributed by atoms with E-state index >= 15 is 0 Å². The van der Waals surface area contributed by atoms with Gasteiger partial charge >= 0.3 is 0 Å². The Kier molecular flexibility index (Phi) is 6.71.